The molecular weight excluding hydrogens is 267 g/mol. The largest absolute Gasteiger partial charge is 1.00 e. The number of carbonyl (C=O) groups excluding carboxylic acids is 1. The summed E-state index contributed by atoms with van der Waals surface area (Å²) in [6.45, 7) is 1.92. The van der Waals surface area contributed by atoms with E-state index in [1.807, 2.05) is 6.92 Å². The Kier molecular flexibility index (Phi) is 8.56. The Morgan fingerprint density at radius 1 is 0.900 bits per heavy atom. The number of carboxylic acid groups (broad SMARTS) is 2. The summed E-state index contributed by atoms with van der Waals surface area (Å²) < 4.78 is 0. The van der Waals surface area contributed by atoms with Gasteiger partial charge in [0.05, 0.1) is 11.5 Å². The number of aromatic carboxylic acids is 2. The monoisotopic (exact) mass is 280 g/mol. The predicted molar refractivity (Wildman–Crippen MR) is 68.9 cm³/mol. The van der Waals surface area contributed by atoms with Gasteiger partial charge < -0.3 is 15.0 Å². The average molecular weight is 280 g/mol. The molecule has 2 rings (SSSR count). The first kappa shape index (κ1) is 18.4. The summed E-state index contributed by atoms with van der Waals surface area (Å²) in [5.74, 6) is -2.00. The minimum atomic E-state index is -1.13. The molecule has 0 fully saturated rings. The summed E-state index contributed by atoms with van der Waals surface area (Å²) in [7, 11) is 0. The van der Waals surface area contributed by atoms with Gasteiger partial charge in [-0.2, -0.15) is 0 Å². The van der Waals surface area contributed by atoms with E-state index in [4.69, 9.17) is 5.11 Å². The molecule has 20 heavy (non-hydrogen) atoms. The van der Waals surface area contributed by atoms with E-state index in [2.05, 4.69) is 0 Å². The molecular formula is C15H13NaO4. The molecule has 98 valence electrons. The zero-order valence-corrected chi connectivity index (χ0v) is 13.4. The number of carbonyl (C=O) groups is 2. The third-order valence-corrected chi connectivity index (χ3v) is 2.31. The Morgan fingerprint density at radius 3 is 1.75 bits per heavy atom. The Hall–Kier alpha value is -1.62. The smallest absolute Gasteiger partial charge is 0.545 e. The van der Waals surface area contributed by atoms with Crippen LogP contribution in [0.15, 0.2) is 54.6 Å². The summed E-state index contributed by atoms with van der Waals surface area (Å²) in [5, 5.41) is 18.6. The van der Waals surface area contributed by atoms with E-state index < -0.39 is 11.9 Å². The quantitative estimate of drug-likeness (QED) is 0.697. The molecule has 1 N–H and O–H groups in total. The number of aryl methyl sites for hydroxylation is 1. The van der Waals surface area contributed by atoms with Crippen molar-refractivity contribution in [1.82, 2.24) is 0 Å². The van der Waals surface area contributed by atoms with E-state index in [9.17, 15) is 14.7 Å². The average Bonchev–Trinajstić information content (AvgIpc) is 2.41. The molecule has 0 heterocycles. The van der Waals surface area contributed by atoms with E-state index in [0.717, 1.165) is 5.56 Å². The Balaban J connectivity index is 0.000000345. The zero-order valence-electron chi connectivity index (χ0n) is 11.4. The molecule has 0 radical (unpaired) electrons. The van der Waals surface area contributed by atoms with Crippen molar-refractivity contribution in [3.63, 3.8) is 0 Å². The number of benzene rings is 2. The summed E-state index contributed by atoms with van der Waals surface area (Å²) in [4.78, 5) is 20.4. The number of rotatable bonds is 2. The fourth-order valence-corrected chi connectivity index (χ4v) is 1.27. The van der Waals surface area contributed by atoms with Crippen LogP contribution in [0, 0.1) is 6.92 Å². The van der Waals surface area contributed by atoms with Crippen molar-refractivity contribution in [2.24, 2.45) is 0 Å². The van der Waals surface area contributed by atoms with Crippen molar-refractivity contribution in [1.29, 1.82) is 0 Å². The molecule has 0 spiro atoms. The molecule has 0 aliphatic carbocycles. The van der Waals surface area contributed by atoms with Gasteiger partial charge in [0, 0.05) is 0 Å². The van der Waals surface area contributed by atoms with E-state index in [-0.39, 0.29) is 35.1 Å². The molecule has 4 nitrogen and oxygen atoms in total. The minimum absolute atomic E-state index is 0. The molecule has 5 heteroatoms. The minimum Gasteiger partial charge on any atom is -0.545 e. The molecule has 0 amide bonds. The summed E-state index contributed by atoms with van der Waals surface area (Å²) in [5.41, 5.74) is 1.63. The fourth-order valence-electron chi connectivity index (χ4n) is 1.27. The normalized spacial score (nSPS) is 8.65. The van der Waals surface area contributed by atoms with Gasteiger partial charge in [-0.3, -0.25) is 0 Å². The van der Waals surface area contributed by atoms with E-state index in [0.29, 0.717) is 5.56 Å². The van der Waals surface area contributed by atoms with Crippen molar-refractivity contribution in [2.75, 3.05) is 0 Å². The van der Waals surface area contributed by atoms with Gasteiger partial charge in [-0.1, -0.05) is 48.0 Å². The van der Waals surface area contributed by atoms with Gasteiger partial charge in [-0.25, -0.2) is 4.79 Å². The van der Waals surface area contributed by atoms with Crippen LogP contribution in [-0.2, 0) is 0 Å². The second kappa shape index (κ2) is 9.31. The van der Waals surface area contributed by atoms with Crippen molar-refractivity contribution in [3.05, 3.63) is 71.3 Å². The molecule has 0 unspecified atom stereocenters. The molecule has 0 atom stereocenters. The van der Waals surface area contributed by atoms with Crippen LogP contribution in [0.3, 0.4) is 0 Å². The van der Waals surface area contributed by atoms with Crippen molar-refractivity contribution in [3.8, 4) is 0 Å². The molecule has 0 aliphatic rings. The van der Waals surface area contributed by atoms with Crippen LogP contribution in [-0.4, -0.2) is 17.0 Å². The summed E-state index contributed by atoms with van der Waals surface area (Å²) in [6, 6.07) is 14.8. The third-order valence-electron chi connectivity index (χ3n) is 2.31. The number of hydrogen-bond acceptors (Lipinski definition) is 3. The molecule has 2 aromatic carbocycles. The summed E-state index contributed by atoms with van der Waals surface area (Å²) >= 11 is 0. The SMILES string of the molecule is Cc1ccc(C(=O)O)cc1.O=C([O-])c1ccccc1.[Na+]. The molecule has 0 aliphatic heterocycles. The van der Waals surface area contributed by atoms with Crippen LogP contribution >= 0.6 is 0 Å². The van der Waals surface area contributed by atoms with Crippen LogP contribution < -0.4 is 34.7 Å². The van der Waals surface area contributed by atoms with Gasteiger partial charge >= 0.3 is 35.5 Å². The topological polar surface area (TPSA) is 77.4 Å². The zero-order chi connectivity index (χ0) is 14.3. The predicted octanol–water partition coefficient (Wildman–Crippen LogP) is -1.25. The van der Waals surface area contributed by atoms with Crippen LogP contribution in [0.25, 0.3) is 0 Å². The van der Waals surface area contributed by atoms with Gasteiger partial charge in [-0.05, 0) is 24.6 Å². The van der Waals surface area contributed by atoms with Crippen molar-refractivity contribution >= 4 is 11.9 Å². The Labute approximate surface area is 139 Å². The first-order valence-corrected chi connectivity index (χ1v) is 5.57. The van der Waals surface area contributed by atoms with Gasteiger partial charge in [0.1, 0.15) is 0 Å². The van der Waals surface area contributed by atoms with Crippen molar-refractivity contribution < 1.29 is 49.4 Å². The van der Waals surface area contributed by atoms with Crippen LogP contribution in [0.5, 0.6) is 0 Å². The second-order valence-corrected chi connectivity index (χ2v) is 3.82. The Morgan fingerprint density at radius 2 is 1.40 bits per heavy atom. The maximum absolute atomic E-state index is 10.3. The van der Waals surface area contributed by atoms with Gasteiger partial charge in [-0.15, -0.1) is 0 Å². The van der Waals surface area contributed by atoms with Crippen molar-refractivity contribution in [2.45, 2.75) is 6.92 Å². The maximum Gasteiger partial charge on any atom is 1.00 e. The van der Waals surface area contributed by atoms with Crippen LogP contribution in [0.4, 0.5) is 0 Å². The summed E-state index contributed by atoms with van der Waals surface area (Å²) in [6.07, 6.45) is 0. The third kappa shape index (κ3) is 6.52. The maximum atomic E-state index is 10.3. The van der Waals surface area contributed by atoms with Crippen LogP contribution in [0.1, 0.15) is 26.3 Å². The standard InChI is InChI=1S/C8H8O2.C7H6O2.Na/c1-6-2-4-7(5-3-6)8(9)10;8-7(9)6-4-2-1-3-5-6;/h2-5H,1H3,(H,9,10);1-5H,(H,8,9);/q;;+1/p-1. The van der Waals surface area contributed by atoms with Gasteiger partial charge in [0.2, 0.25) is 0 Å². The Bertz CT molecular complexity index is 550. The molecule has 0 bridgehead atoms. The second-order valence-electron chi connectivity index (χ2n) is 3.82. The molecule has 0 saturated carbocycles. The molecule has 0 aromatic heterocycles. The van der Waals surface area contributed by atoms with E-state index in [1.165, 1.54) is 12.1 Å². The van der Waals surface area contributed by atoms with Gasteiger partial charge in [0.25, 0.3) is 0 Å². The number of hydrogen-bond donors (Lipinski definition) is 1. The molecule has 0 saturated heterocycles. The van der Waals surface area contributed by atoms with E-state index >= 15 is 0 Å². The first-order chi connectivity index (χ1) is 9.00. The van der Waals surface area contributed by atoms with Gasteiger partial charge in [0.15, 0.2) is 0 Å². The fraction of sp³-hybridized carbons (Fsp3) is 0.0667. The first-order valence-electron chi connectivity index (χ1n) is 5.57. The molecule has 2 aromatic rings. The van der Waals surface area contributed by atoms with Crippen LogP contribution in [0.2, 0.25) is 0 Å². The van der Waals surface area contributed by atoms with E-state index in [1.54, 1.807) is 42.5 Å². The number of carboxylic acids is 2.